The van der Waals surface area contributed by atoms with Crippen LogP contribution in [0.2, 0.25) is 0 Å². The number of rotatable bonds is 8. The van der Waals surface area contributed by atoms with Crippen LogP contribution >= 0.6 is 0 Å². The fourth-order valence-electron chi connectivity index (χ4n) is 3.86. The van der Waals surface area contributed by atoms with Crippen LogP contribution in [-0.4, -0.2) is 48.3 Å². The Kier molecular flexibility index (Phi) is 8.03. The Morgan fingerprint density at radius 2 is 1.84 bits per heavy atom. The van der Waals surface area contributed by atoms with Crippen LogP contribution in [0.5, 0.6) is 0 Å². The van der Waals surface area contributed by atoms with Gasteiger partial charge in [-0.05, 0) is 48.9 Å². The second kappa shape index (κ2) is 10.9. The molecule has 0 spiro atoms. The molecular weight excluding hydrogens is 413 g/mol. The lowest BCUT2D eigenvalue weighted by molar-refractivity contribution is -0.138. The maximum atomic E-state index is 13.7. The smallest absolute Gasteiger partial charge is 0.287 e. The van der Waals surface area contributed by atoms with Crippen LogP contribution in [0.3, 0.4) is 0 Å². The SMILES string of the molecule is CC(C)C(NC(=O)c1ccco1)C(=O)N1CCC(C(=O)NCCc2ccccc2F)CC1. The van der Waals surface area contributed by atoms with Gasteiger partial charge in [0, 0.05) is 25.6 Å². The summed E-state index contributed by atoms with van der Waals surface area (Å²) in [4.78, 5) is 39.5. The summed E-state index contributed by atoms with van der Waals surface area (Å²) in [5.41, 5.74) is 0.574. The Labute approximate surface area is 187 Å². The van der Waals surface area contributed by atoms with E-state index in [1.54, 1.807) is 35.2 Å². The van der Waals surface area contributed by atoms with Crippen molar-refractivity contribution in [1.29, 1.82) is 0 Å². The molecule has 0 bridgehead atoms. The molecule has 0 aliphatic carbocycles. The summed E-state index contributed by atoms with van der Waals surface area (Å²) in [6.07, 6.45) is 2.94. The molecule has 1 saturated heterocycles. The third-order valence-corrected chi connectivity index (χ3v) is 5.79. The summed E-state index contributed by atoms with van der Waals surface area (Å²) in [6, 6.07) is 9.03. The van der Waals surface area contributed by atoms with E-state index in [9.17, 15) is 18.8 Å². The number of benzene rings is 1. The molecule has 2 N–H and O–H groups in total. The van der Waals surface area contributed by atoms with Crippen molar-refractivity contribution in [3.8, 4) is 0 Å². The average Bonchev–Trinajstić information content (AvgIpc) is 3.33. The number of nitrogens with zero attached hydrogens (tertiary/aromatic N) is 1. The van der Waals surface area contributed by atoms with E-state index >= 15 is 0 Å². The zero-order valence-electron chi connectivity index (χ0n) is 18.5. The highest BCUT2D eigenvalue weighted by molar-refractivity contribution is 5.95. The number of nitrogens with one attached hydrogen (secondary N) is 2. The molecule has 1 unspecified atom stereocenters. The molecule has 172 valence electrons. The van der Waals surface area contributed by atoms with Gasteiger partial charge in [0.15, 0.2) is 5.76 Å². The first kappa shape index (κ1) is 23.5. The Balaban J connectivity index is 1.46. The van der Waals surface area contributed by atoms with Gasteiger partial charge in [-0.3, -0.25) is 14.4 Å². The van der Waals surface area contributed by atoms with Crippen molar-refractivity contribution < 1.29 is 23.2 Å². The Hall–Kier alpha value is -3.16. The molecule has 1 aromatic carbocycles. The highest BCUT2D eigenvalue weighted by Crippen LogP contribution is 2.20. The molecule has 1 fully saturated rings. The first-order chi connectivity index (χ1) is 15.4. The molecule has 32 heavy (non-hydrogen) atoms. The second-order valence-electron chi connectivity index (χ2n) is 8.40. The Bertz CT molecular complexity index is 921. The quantitative estimate of drug-likeness (QED) is 0.656. The van der Waals surface area contributed by atoms with Crippen molar-refractivity contribution in [3.05, 3.63) is 59.8 Å². The van der Waals surface area contributed by atoms with Gasteiger partial charge in [-0.1, -0.05) is 32.0 Å². The summed E-state index contributed by atoms with van der Waals surface area (Å²) < 4.78 is 18.8. The van der Waals surface area contributed by atoms with E-state index in [2.05, 4.69) is 10.6 Å². The van der Waals surface area contributed by atoms with E-state index in [1.165, 1.54) is 12.3 Å². The summed E-state index contributed by atoms with van der Waals surface area (Å²) in [6.45, 7) is 5.02. The number of halogens is 1. The van der Waals surface area contributed by atoms with Crippen molar-refractivity contribution in [2.45, 2.75) is 39.2 Å². The zero-order chi connectivity index (χ0) is 23.1. The lowest BCUT2D eigenvalue weighted by Crippen LogP contribution is -2.53. The molecular formula is C24H30FN3O4. The number of furan rings is 1. The first-order valence-electron chi connectivity index (χ1n) is 11.0. The van der Waals surface area contributed by atoms with Crippen molar-refractivity contribution in [1.82, 2.24) is 15.5 Å². The highest BCUT2D eigenvalue weighted by atomic mass is 19.1. The average molecular weight is 444 g/mol. The van der Waals surface area contributed by atoms with Gasteiger partial charge in [0.1, 0.15) is 11.9 Å². The van der Waals surface area contributed by atoms with Crippen LogP contribution in [0.4, 0.5) is 4.39 Å². The van der Waals surface area contributed by atoms with Crippen molar-refractivity contribution in [2.75, 3.05) is 19.6 Å². The minimum Gasteiger partial charge on any atom is -0.459 e. The molecule has 3 rings (SSSR count). The molecule has 0 radical (unpaired) electrons. The monoisotopic (exact) mass is 443 g/mol. The van der Waals surface area contributed by atoms with Gasteiger partial charge in [0.25, 0.3) is 5.91 Å². The molecule has 1 atom stereocenters. The number of hydrogen-bond donors (Lipinski definition) is 2. The van der Waals surface area contributed by atoms with Crippen LogP contribution in [-0.2, 0) is 16.0 Å². The molecule has 1 aromatic heterocycles. The van der Waals surface area contributed by atoms with Gasteiger partial charge in [-0.25, -0.2) is 4.39 Å². The topological polar surface area (TPSA) is 91.7 Å². The largest absolute Gasteiger partial charge is 0.459 e. The predicted molar refractivity (Wildman–Crippen MR) is 117 cm³/mol. The normalized spacial score (nSPS) is 15.4. The van der Waals surface area contributed by atoms with Crippen LogP contribution in [0.25, 0.3) is 0 Å². The van der Waals surface area contributed by atoms with Gasteiger partial charge in [-0.2, -0.15) is 0 Å². The lowest BCUT2D eigenvalue weighted by Gasteiger charge is -2.35. The number of piperidine rings is 1. The minimum atomic E-state index is -0.668. The number of carbonyl (C=O) groups excluding carboxylic acids is 3. The number of likely N-dealkylation sites (tertiary alicyclic amines) is 1. The van der Waals surface area contributed by atoms with E-state index < -0.39 is 11.9 Å². The summed E-state index contributed by atoms with van der Waals surface area (Å²) in [5, 5.41) is 5.64. The van der Waals surface area contributed by atoms with E-state index in [1.807, 2.05) is 13.8 Å². The van der Waals surface area contributed by atoms with Gasteiger partial charge < -0.3 is 20.0 Å². The van der Waals surface area contributed by atoms with Gasteiger partial charge in [-0.15, -0.1) is 0 Å². The van der Waals surface area contributed by atoms with E-state index in [-0.39, 0.29) is 35.2 Å². The van der Waals surface area contributed by atoms with Gasteiger partial charge in [0.05, 0.1) is 6.26 Å². The molecule has 2 aromatic rings. The standard InChI is InChI=1S/C24H30FN3O4/c1-16(2)21(27-23(30)20-8-5-15-32-20)24(31)28-13-10-18(11-14-28)22(29)26-12-9-17-6-3-4-7-19(17)25/h3-8,15-16,18,21H,9-14H2,1-2H3,(H,26,29)(H,27,30). The zero-order valence-corrected chi connectivity index (χ0v) is 18.5. The van der Waals surface area contributed by atoms with Gasteiger partial charge >= 0.3 is 0 Å². The van der Waals surface area contributed by atoms with Crippen molar-refractivity contribution in [2.24, 2.45) is 11.8 Å². The molecule has 2 heterocycles. The molecule has 0 saturated carbocycles. The number of carbonyl (C=O) groups is 3. The summed E-state index contributed by atoms with van der Waals surface area (Å²) >= 11 is 0. The lowest BCUT2D eigenvalue weighted by atomic mass is 9.94. The molecule has 1 aliphatic rings. The van der Waals surface area contributed by atoms with E-state index in [0.29, 0.717) is 44.5 Å². The maximum absolute atomic E-state index is 13.7. The Morgan fingerprint density at radius 1 is 1.12 bits per heavy atom. The molecule has 7 nitrogen and oxygen atoms in total. The third kappa shape index (κ3) is 5.96. The number of amides is 3. The summed E-state index contributed by atoms with van der Waals surface area (Å²) in [7, 11) is 0. The summed E-state index contributed by atoms with van der Waals surface area (Å²) in [5.74, 6) is -1.04. The first-order valence-corrected chi connectivity index (χ1v) is 11.0. The van der Waals surface area contributed by atoms with Crippen LogP contribution < -0.4 is 10.6 Å². The molecule has 3 amide bonds. The molecule has 1 aliphatic heterocycles. The van der Waals surface area contributed by atoms with Crippen LogP contribution in [0.1, 0.15) is 42.8 Å². The minimum absolute atomic E-state index is 0.0695. The van der Waals surface area contributed by atoms with Crippen molar-refractivity contribution >= 4 is 17.7 Å². The fraction of sp³-hybridized carbons (Fsp3) is 0.458. The second-order valence-corrected chi connectivity index (χ2v) is 8.40. The van der Waals surface area contributed by atoms with Crippen molar-refractivity contribution in [3.63, 3.8) is 0 Å². The van der Waals surface area contributed by atoms with Crippen LogP contribution in [0, 0.1) is 17.7 Å². The third-order valence-electron chi connectivity index (χ3n) is 5.79. The maximum Gasteiger partial charge on any atom is 0.287 e. The number of hydrogen-bond acceptors (Lipinski definition) is 4. The predicted octanol–water partition coefficient (Wildman–Crippen LogP) is 2.77. The highest BCUT2D eigenvalue weighted by Gasteiger charge is 2.33. The van der Waals surface area contributed by atoms with Crippen LogP contribution in [0.15, 0.2) is 47.1 Å². The van der Waals surface area contributed by atoms with E-state index in [0.717, 1.165) is 0 Å². The van der Waals surface area contributed by atoms with E-state index in [4.69, 9.17) is 4.42 Å². The fourth-order valence-corrected chi connectivity index (χ4v) is 3.86. The molecule has 8 heteroatoms. The van der Waals surface area contributed by atoms with Gasteiger partial charge in [0.2, 0.25) is 11.8 Å². The Morgan fingerprint density at radius 3 is 2.47 bits per heavy atom.